The summed E-state index contributed by atoms with van der Waals surface area (Å²) in [6, 6.07) is 1.87. The van der Waals surface area contributed by atoms with Crippen LogP contribution in [0.4, 0.5) is 11.4 Å². The molecule has 0 spiro atoms. The molecule has 0 saturated carbocycles. The summed E-state index contributed by atoms with van der Waals surface area (Å²) in [6.45, 7) is 10.7. The van der Waals surface area contributed by atoms with Gasteiger partial charge in [0.25, 0.3) is 0 Å². The standard InChI is InChI=1S/C13H20N2O2S/c1-6-10(4)18(16,17)15-13-9(3)7-8(2)12(14)11(13)5/h6-7,10,15H,1,14H2,2-5H3. The maximum atomic E-state index is 12.0. The SMILES string of the molecule is C=CC(C)S(=O)(=O)Nc1c(C)cc(C)c(N)c1C. The van der Waals surface area contributed by atoms with E-state index in [1.54, 1.807) is 6.92 Å². The first kappa shape index (κ1) is 14.6. The first-order valence-corrected chi connectivity index (χ1v) is 7.25. The third kappa shape index (κ3) is 2.67. The predicted octanol–water partition coefficient (Wildman–Crippen LogP) is 2.51. The Morgan fingerprint density at radius 2 is 1.89 bits per heavy atom. The molecule has 0 amide bonds. The van der Waals surface area contributed by atoms with Gasteiger partial charge < -0.3 is 5.73 Å². The van der Waals surface area contributed by atoms with Gasteiger partial charge >= 0.3 is 0 Å². The molecule has 5 heteroatoms. The largest absolute Gasteiger partial charge is 0.398 e. The fourth-order valence-corrected chi connectivity index (χ4v) is 2.76. The Bertz CT molecular complexity index is 577. The Balaban J connectivity index is 3.29. The first-order valence-electron chi connectivity index (χ1n) is 5.71. The lowest BCUT2D eigenvalue weighted by atomic mass is 10.0. The molecular formula is C13H20N2O2S. The van der Waals surface area contributed by atoms with E-state index in [9.17, 15) is 8.42 Å². The summed E-state index contributed by atoms with van der Waals surface area (Å²) in [5.74, 6) is 0. The quantitative estimate of drug-likeness (QED) is 0.651. The van der Waals surface area contributed by atoms with Gasteiger partial charge in [0.05, 0.1) is 10.9 Å². The van der Waals surface area contributed by atoms with Crippen molar-refractivity contribution in [1.29, 1.82) is 0 Å². The minimum atomic E-state index is -3.46. The van der Waals surface area contributed by atoms with Crippen LogP contribution in [0.25, 0.3) is 0 Å². The lowest BCUT2D eigenvalue weighted by Crippen LogP contribution is -2.24. The first-order chi connectivity index (χ1) is 8.20. The van der Waals surface area contributed by atoms with E-state index in [0.29, 0.717) is 11.4 Å². The number of nitrogens with two attached hydrogens (primary N) is 1. The van der Waals surface area contributed by atoms with E-state index in [1.807, 2.05) is 26.8 Å². The van der Waals surface area contributed by atoms with E-state index in [1.165, 1.54) is 6.08 Å². The normalized spacial score (nSPS) is 13.1. The number of sulfonamides is 1. The average molecular weight is 268 g/mol. The number of rotatable bonds is 4. The highest BCUT2D eigenvalue weighted by Crippen LogP contribution is 2.29. The van der Waals surface area contributed by atoms with E-state index < -0.39 is 15.3 Å². The van der Waals surface area contributed by atoms with Crippen molar-refractivity contribution in [2.45, 2.75) is 32.9 Å². The van der Waals surface area contributed by atoms with Crippen LogP contribution >= 0.6 is 0 Å². The second kappa shape index (κ2) is 5.02. The highest BCUT2D eigenvalue weighted by atomic mass is 32.2. The molecule has 0 aliphatic carbocycles. The summed E-state index contributed by atoms with van der Waals surface area (Å²) in [7, 11) is -3.46. The molecule has 1 atom stereocenters. The van der Waals surface area contributed by atoms with E-state index in [0.717, 1.165) is 16.7 Å². The highest BCUT2D eigenvalue weighted by Gasteiger charge is 2.20. The molecule has 0 saturated heterocycles. The molecule has 0 aromatic heterocycles. The lowest BCUT2D eigenvalue weighted by molar-refractivity contribution is 0.596. The van der Waals surface area contributed by atoms with Crippen molar-refractivity contribution in [3.05, 3.63) is 35.4 Å². The van der Waals surface area contributed by atoms with Crippen molar-refractivity contribution in [3.8, 4) is 0 Å². The topological polar surface area (TPSA) is 72.2 Å². The number of benzene rings is 1. The number of hydrogen-bond acceptors (Lipinski definition) is 3. The third-order valence-corrected chi connectivity index (χ3v) is 4.76. The van der Waals surface area contributed by atoms with Crippen LogP contribution < -0.4 is 10.5 Å². The van der Waals surface area contributed by atoms with Crippen LogP contribution in [-0.4, -0.2) is 13.7 Å². The van der Waals surface area contributed by atoms with Crippen molar-refractivity contribution < 1.29 is 8.42 Å². The number of anilines is 2. The Hall–Kier alpha value is -1.49. The van der Waals surface area contributed by atoms with Gasteiger partial charge in [0, 0.05) is 5.69 Å². The van der Waals surface area contributed by atoms with E-state index >= 15 is 0 Å². The fourth-order valence-electron chi connectivity index (χ4n) is 1.72. The molecule has 0 bridgehead atoms. The van der Waals surface area contributed by atoms with E-state index in [2.05, 4.69) is 11.3 Å². The molecule has 0 radical (unpaired) electrons. The predicted molar refractivity (Wildman–Crippen MR) is 77.3 cm³/mol. The average Bonchev–Trinajstić information content (AvgIpc) is 2.31. The maximum Gasteiger partial charge on any atom is 0.238 e. The fraction of sp³-hybridized carbons (Fsp3) is 0.385. The van der Waals surface area contributed by atoms with Crippen LogP contribution in [0.5, 0.6) is 0 Å². The van der Waals surface area contributed by atoms with Gasteiger partial charge in [0.1, 0.15) is 0 Å². The van der Waals surface area contributed by atoms with Crippen molar-refractivity contribution in [3.63, 3.8) is 0 Å². The molecule has 0 fully saturated rings. The van der Waals surface area contributed by atoms with Crippen LogP contribution in [0.1, 0.15) is 23.6 Å². The Morgan fingerprint density at radius 1 is 1.33 bits per heavy atom. The minimum absolute atomic E-state index is 0.562. The summed E-state index contributed by atoms with van der Waals surface area (Å²) in [5, 5.41) is -0.654. The number of aryl methyl sites for hydroxylation is 2. The molecular weight excluding hydrogens is 248 g/mol. The summed E-state index contributed by atoms with van der Waals surface area (Å²) in [5.41, 5.74) is 9.67. The molecule has 0 heterocycles. The molecule has 18 heavy (non-hydrogen) atoms. The Labute approximate surface area is 109 Å². The molecule has 4 nitrogen and oxygen atoms in total. The zero-order valence-corrected chi connectivity index (χ0v) is 12.1. The van der Waals surface area contributed by atoms with Gasteiger partial charge in [-0.2, -0.15) is 0 Å². The number of hydrogen-bond donors (Lipinski definition) is 2. The van der Waals surface area contributed by atoms with Gasteiger partial charge in [-0.15, -0.1) is 6.58 Å². The maximum absolute atomic E-state index is 12.0. The van der Waals surface area contributed by atoms with Gasteiger partial charge in [-0.1, -0.05) is 12.1 Å². The molecule has 100 valence electrons. The molecule has 1 rings (SSSR count). The van der Waals surface area contributed by atoms with Crippen LogP contribution in [0.2, 0.25) is 0 Å². The third-order valence-electron chi connectivity index (χ3n) is 3.10. The van der Waals surface area contributed by atoms with Crippen LogP contribution in [-0.2, 0) is 10.0 Å². The monoisotopic (exact) mass is 268 g/mol. The second-order valence-corrected chi connectivity index (χ2v) is 6.55. The number of nitrogens with one attached hydrogen (secondary N) is 1. The van der Waals surface area contributed by atoms with Crippen LogP contribution in [0.15, 0.2) is 18.7 Å². The summed E-state index contributed by atoms with van der Waals surface area (Å²) >= 11 is 0. The van der Waals surface area contributed by atoms with Gasteiger partial charge in [-0.05, 0) is 44.4 Å². The zero-order valence-electron chi connectivity index (χ0n) is 11.2. The number of nitrogen functional groups attached to an aromatic ring is 1. The molecule has 1 unspecified atom stereocenters. The van der Waals surface area contributed by atoms with Gasteiger partial charge in [-0.25, -0.2) is 8.42 Å². The molecule has 1 aromatic rings. The second-order valence-electron chi connectivity index (χ2n) is 4.51. The van der Waals surface area contributed by atoms with E-state index in [4.69, 9.17) is 5.73 Å². The Kier molecular flexibility index (Phi) is 4.06. The highest BCUT2D eigenvalue weighted by molar-refractivity contribution is 7.93. The lowest BCUT2D eigenvalue weighted by Gasteiger charge is -2.18. The summed E-state index contributed by atoms with van der Waals surface area (Å²) < 4.78 is 26.6. The van der Waals surface area contributed by atoms with Crippen molar-refractivity contribution >= 4 is 21.4 Å². The van der Waals surface area contributed by atoms with Crippen LogP contribution in [0.3, 0.4) is 0 Å². The van der Waals surface area contributed by atoms with E-state index in [-0.39, 0.29) is 0 Å². The van der Waals surface area contributed by atoms with Gasteiger partial charge in [0.15, 0.2) is 0 Å². The Morgan fingerprint density at radius 3 is 2.39 bits per heavy atom. The van der Waals surface area contributed by atoms with Gasteiger partial charge in [0.2, 0.25) is 10.0 Å². The van der Waals surface area contributed by atoms with Crippen molar-refractivity contribution in [2.24, 2.45) is 0 Å². The minimum Gasteiger partial charge on any atom is -0.398 e. The van der Waals surface area contributed by atoms with Gasteiger partial charge in [-0.3, -0.25) is 4.72 Å². The molecule has 1 aromatic carbocycles. The zero-order chi connectivity index (χ0) is 14.1. The summed E-state index contributed by atoms with van der Waals surface area (Å²) in [6.07, 6.45) is 1.39. The van der Waals surface area contributed by atoms with Crippen molar-refractivity contribution in [2.75, 3.05) is 10.5 Å². The van der Waals surface area contributed by atoms with Crippen LogP contribution in [0, 0.1) is 20.8 Å². The molecule has 0 aliphatic heterocycles. The molecule has 0 aliphatic rings. The summed E-state index contributed by atoms with van der Waals surface area (Å²) in [4.78, 5) is 0. The van der Waals surface area contributed by atoms with Crippen molar-refractivity contribution in [1.82, 2.24) is 0 Å². The molecule has 3 N–H and O–H groups in total. The smallest absolute Gasteiger partial charge is 0.238 e.